The highest BCUT2D eigenvalue weighted by Crippen LogP contribution is 2.34. The number of carbonyl (C=O) groups excluding carboxylic acids is 1. The van der Waals surface area contributed by atoms with Crippen LogP contribution in [-0.2, 0) is 12.8 Å². The zero-order chi connectivity index (χ0) is 25.0. The Morgan fingerprint density at radius 2 is 1.82 bits per heavy atom. The third-order valence-electron chi connectivity index (χ3n) is 6.26. The first-order valence-corrected chi connectivity index (χ1v) is 12.2. The summed E-state index contributed by atoms with van der Waals surface area (Å²) in [6.45, 7) is 11.3. The van der Waals surface area contributed by atoms with Crippen molar-refractivity contribution in [1.82, 2.24) is 10.2 Å². The minimum absolute atomic E-state index is 0.199. The van der Waals surface area contributed by atoms with Gasteiger partial charge in [-0.05, 0) is 65.0 Å². The molecule has 2 aromatic carbocycles. The van der Waals surface area contributed by atoms with Crippen molar-refractivity contribution >= 4 is 23.6 Å². The van der Waals surface area contributed by atoms with Gasteiger partial charge in [0.2, 0.25) is 0 Å². The highest BCUT2D eigenvalue weighted by atomic mass is 35.5. The average molecular weight is 483 g/mol. The van der Waals surface area contributed by atoms with Gasteiger partial charge in [-0.3, -0.25) is 0 Å². The molecule has 0 fully saturated rings. The average Bonchev–Trinajstić information content (AvgIpc) is 2.76. The Morgan fingerprint density at radius 3 is 2.44 bits per heavy atom. The molecule has 2 amide bonds. The summed E-state index contributed by atoms with van der Waals surface area (Å²) in [6.07, 6.45) is 4.33. The first-order chi connectivity index (χ1) is 16.0. The van der Waals surface area contributed by atoms with Crippen molar-refractivity contribution in [3.63, 3.8) is 0 Å². The molecule has 2 aromatic rings. The van der Waals surface area contributed by atoms with E-state index in [1.54, 1.807) is 23.1 Å². The molecule has 5 nitrogen and oxygen atoms in total. The Labute approximate surface area is 207 Å². The third-order valence-corrected chi connectivity index (χ3v) is 6.61. The maximum atomic E-state index is 13.0. The summed E-state index contributed by atoms with van der Waals surface area (Å²) in [6, 6.07) is 12.6. The zero-order valence-electron chi connectivity index (χ0n) is 20.7. The number of carboxylic acids is 1. The van der Waals surface area contributed by atoms with Gasteiger partial charge in [0.25, 0.3) is 0 Å². The fourth-order valence-corrected chi connectivity index (χ4v) is 4.45. The molecule has 0 bridgehead atoms. The number of hydrogen-bond acceptors (Lipinski definition) is 2. The monoisotopic (exact) mass is 482 g/mol. The van der Waals surface area contributed by atoms with Gasteiger partial charge in [-0.1, -0.05) is 76.6 Å². The van der Waals surface area contributed by atoms with Gasteiger partial charge in [0.1, 0.15) is 0 Å². The lowest BCUT2D eigenvalue weighted by molar-refractivity contribution is 0.0695. The first-order valence-electron chi connectivity index (χ1n) is 11.8. The van der Waals surface area contributed by atoms with Crippen molar-refractivity contribution in [3.05, 3.63) is 81.5 Å². The van der Waals surface area contributed by atoms with Gasteiger partial charge in [0.05, 0.1) is 11.6 Å². The molecule has 2 N–H and O–H groups in total. The number of nitrogens with zero attached hydrogens (tertiary/aromatic N) is 1. The molecule has 0 radical (unpaired) electrons. The van der Waals surface area contributed by atoms with Crippen LogP contribution in [0.3, 0.4) is 0 Å². The van der Waals surface area contributed by atoms with E-state index in [9.17, 15) is 14.7 Å². The topological polar surface area (TPSA) is 69.6 Å². The highest BCUT2D eigenvalue weighted by molar-refractivity contribution is 6.31. The number of amides is 2. The largest absolute Gasteiger partial charge is 0.478 e. The lowest BCUT2D eigenvalue weighted by Crippen LogP contribution is -2.45. The van der Waals surface area contributed by atoms with Crippen LogP contribution >= 0.6 is 11.6 Å². The van der Waals surface area contributed by atoms with Gasteiger partial charge in [-0.15, -0.1) is 0 Å². The standard InChI is InChI=1S/C28H35ClN2O3/c1-18(2)23-17-31(15-13-19-8-6-7-9-22(19)26(32)33)27(34)30-25(23)21-11-10-20(24(29)16-21)12-14-28(3,4)5/h6-11,16-18,25H,12-15H2,1-5H3,(H,30,34)(H,32,33)/t25-/m1/s1. The van der Waals surface area contributed by atoms with Crippen LogP contribution < -0.4 is 5.32 Å². The Kier molecular flexibility index (Phi) is 8.09. The second-order valence-electron chi connectivity index (χ2n) is 10.5. The van der Waals surface area contributed by atoms with Crippen LogP contribution in [0.15, 0.2) is 54.2 Å². The summed E-state index contributed by atoms with van der Waals surface area (Å²) >= 11 is 6.64. The van der Waals surface area contributed by atoms with Crippen LogP contribution in [0.1, 0.15) is 74.1 Å². The Bertz CT molecular complexity index is 1090. The molecular weight excluding hydrogens is 448 g/mol. The predicted molar refractivity (Wildman–Crippen MR) is 137 cm³/mol. The molecule has 0 aliphatic carbocycles. The SMILES string of the molecule is CC(C)C1=CN(CCc2ccccc2C(=O)O)C(=O)N[C@@H]1c1ccc(CCC(C)(C)C)c(Cl)c1. The molecule has 0 spiro atoms. The van der Waals surface area contributed by atoms with Crippen molar-refractivity contribution < 1.29 is 14.7 Å². The predicted octanol–water partition coefficient (Wildman–Crippen LogP) is 6.87. The third kappa shape index (κ3) is 6.41. The molecule has 0 saturated heterocycles. The number of hydrogen-bond donors (Lipinski definition) is 2. The second-order valence-corrected chi connectivity index (χ2v) is 10.9. The molecule has 0 saturated carbocycles. The molecule has 1 aliphatic rings. The van der Waals surface area contributed by atoms with Crippen molar-refractivity contribution in [2.75, 3.05) is 6.54 Å². The second kappa shape index (κ2) is 10.6. The molecule has 3 rings (SSSR count). The molecule has 0 aromatic heterocycles. The van der Waals surface area contributed by atoms with Gasteiger partial charge in [-0.2, -0.15) is 0 Å². The maximum Gasteiger partial charge on any atom is 0.335 e. The summed E-state index contributed by atoms with van der Waals surface area (Å²) in [4.78, 5) is 26.1. The van der Waals surface area contributed by atoms with E-state index in [1.807, 2.05) is 18.3 Å². The number of benzene rings is 2. The maximum absolute atomic E-state index is 13.0. The van der Waals surface area contributed by atoms with Gasteiger partial charge in [0.15, 0.2) is 0 Å². The summed E-state index contributed by atoms with van der Waals surface area (Å²) in [5.74, 6) is -0.751. The fourth-order valence-electron chi connectivity index (χ4n) is 4.17. The zero-order valence-corrected chi connectivity index (χ0v) is 21.4. The Morgan fingerprint density at radius 1 is 1.12 bits per heavy atom. The quantitative estimate of drug-likeness (QED) is 0.431. The lowest BCUT2D eigenvalue weighted by atomic mass is 9.87. The van der Waals surface area contributed by atoms with E-state index in [0.29, 0.717) is 18.5 Å². The van der Waals surface area contributed by atoms with Crippen LogP contribution in [-0.4, -0.2) is 28.6 Å². The lowest BCUT2D eigenvalue weighted by Gasteiger charge is -2.34. The number of halogens is 1. The van der Waals surface area contributed by atoms with Crippen LogP contribution in [0.5, 0.6) is 0 Å². The summed E-state index contributed by atoms with van der Waals surface area (Å²) < 4.78 is 0. The molecule has 1 aliphatic heterocycles. The minimum atomic E-state index is -0.958. The van der Waals surface area contributed by atoms with E-state index in [2.05, 4.69) is 52.1 Å². The minimum Gasteiger partial charge on any atom is -0.478 e. The molecule has 34 heavy (non-hydrogen) atoms. The highest BCUT2D eigenvalue weighted by Gasteiger charge is 2.30. The smallest absolute Gasteiger partial charge is 0.335 e. The van der Waals surface area contributed by atoms with E-state index in [1.165, 1.54) is 0 Å². The fraction of sp³-hybridized carbons (Fsp3) is 0.429. The van der Waals surface area contributed by atoms with Crippen molar-refractivity contribution in [2.24, 2.45) is 11.3 Å². The molecular formula is C28H35ClN2O3. The van der Waals surface area contributed by atoms with Crippen LogP contribution in [0.4, 0.5) is 4.79 Å². The molecule has 6 heteroatoms. The van der Waals surface area contributed by atoms with Crippen molar-refractivity contribution in [1.29, 1.82) is 0 Å². The van der Waals surface area contributed by atoms with Crippen LogP contribution in [0, 0.1) is 11.3 Å². The van der Waals surface area contributed by atoms with E-state index >= 15 is 0 Å². The number of carboxylic acid groups (broad SMARTS) is 1. The summed E-state index contributed by atoms with van der Waals surface area (Å²) in [5.41, 5.74) is 4.39. The van der Waals surface area contributed by atoms with Crippen LogP contribution in [0.25, 0.3) is 0 Å². The van der Waals surface area contributed by atoms with E-state index in [4.69, 9.17) is 11.6 Å². The number of nitrogens with one attached hydrogen (secondary N) is 1. The van der Waals surface area contributed by atoms with E-state index in [0.717, 1.165) is 34.6 Å². The number of carbonyl (C=O) groups is 2. The molecule has 182 valence electrons. The van der Waals surface area contributed by atoms with Crippen molar-refractivity contribution in [2.45, 2.75) is 59.9 Å². The number of aryl methyl sites for hydroxylation is 1. The van der Waals surface area contributed by atoms with Gasteiger partial charge >= 0.3 is 12.0 Å². The molecule has 1 heterocycles. The van der Waals surface area contributed by atoms with Gasteiger partial charge in [-0.25, -0.2) is 9.59 Å². The summed E-state index contributed by atoms with van der Waals surface area (Å²) in [5, 5.41) is 13.3. The van der Waals surface area contributed by atoms with Crippen molar-refractivity contribution in [3.8, 4) is 0 Å². The Hall–Kier alpha value is -2.79. The summed E-state index contributed by atoms with van der Waals surface area (Å²) in [7, 11) is 0. The number of urea groups is 1. The molecule has 1 atom stereocenters. The van der Waals surface area contributed by atoms with E-state index < -0.39 is 5.97 Å². The van der Waals surface area contributed by atoms with Gasteiger partial charge in [0, 0.05) is 17.8 Å². The molecule has 0 unspecified atom stereocenters. The number of rotatable bonds is 8. The Balaban J connectivity index is 1.80. The van der Waals surface area contributed by atoms with Gasteiger partial charge < -0.3 is 15.3 Å². The number of aromatic carboxylic acids is 1. The van der Waals surface area contributed by atoms with Crippen LogP contribution in [0.2, 0.25) is 5.02 Å². The normalized spacial score (nSPS) is 16.4. The first kappa shape index (κ1) is 25.8. The van der Waals surface area contributed by atoms with E-state index in [-0.39, 0.29) is 29.0 Å².